The Morgan fingerprint density at radius 1 is 0.622 bits per heavy atom. The minimum atomic E-state index is 0. The molecular weight excluding hydrogens is 608 g/mol. The molecule has 0 saturated carbocycles. The van der Waals surface area contributed by atoms with Gasteiger partial charge in [-0.3, -0.25) is 14.5 Å². The second kappa shape index (κ2) is 25.3. The SMILES string of the molecule is [CH2-]CN1CCN(C[CH2-])CCN(CC(=O)CCCCCCC(=O)NCCCCCC)CCN(C[CH2-])CC1.[Gd]. The molecule has 1 aliphatic heterocycles. The van der Waals surface area contributed by atoms with Crippen molar-refractivity contribution >= 4 is 11.7 Å². The predicted molar refractivity (Wildman–Crippen MR) is 152 cm³/mol. The van der Waals surface area contributed by atoms with Crippen LogP contribution in [-0.4, -0.2) is 116 Å². The summed E-state index contributed by atoms with van der Waals surface area (Å²) < 4.78 is 0. The molecule has 1 saturated heterocycles. The van der Waals surface area contributed by atoms with Gasteiger partial charge in [0.1, 0.15) is 5.78 Å². The van der Waals surface area contributed by atoms with Gasteiger partial charge in [-0.25, -0.2) is 0 Å². The second-order valence-electron chi connectivity index (χ2n) is 10.2. The van der Waals surface area contributed by atoms with Crippen LogP contribution < -0.4 is 5.32 Å². The van der Waals surface area contributed by atoms with E-state index in [-0.39, 0.29) is 45.8 Å². The Morgan fingerprint density at radius 2 is 1.05 bits per heavy atom. The summed E-state index contributed by atoms with van der Waals surface area (Å²) in [5.41, 5.74) is 0. The quantitative estimate of drug-likeness (QED) is 0.191. The van der Waals surface area contributed by atoms with E-state index in [1.807, 2.05) is 0 Å². The first-order chi connectivity index (χ1) is 17.5. The van der Waals surface area contributed by atoms with E-state index in [9.17, 15) is 9.59 Å². The average Bonchev–Trinajstić information content (AvgIpc) is 2.87. The molecule has 7 nitrogen and oxygen atoms in total. The van der Waals surface area contributed by atoms with Crippen molar-refractivity contribution < 1.29 is 49.5 Å². The van der Waals surface area contributed by atoms with Crippen molar-refractivity contribution in [2.75, 3.05) is 85.1 Å². The Labute approximate surface area is 261 Å². The van der Waals surface area contributed by atoms with E-state index in [4.69, 9.17) is 0 Å². The smallest absolute Gasteiger partial charge is 0.219 e. The Balaban J connectivity index is 0.0000130. The number of amides is 1. The summed E-state index contributed by atoms with van der Waals surface area (Å²) in [5, 5.41) is 3.02. The molecule has 0 aromatic rings. The molecule has 0 spiro atoms. The van der Waals surface area contributed by atoms with Crippen LogP contribution in [-0.2, 0) is 9.59 Å². The van der Waals surface area contributed by atoms with Gasteiger partial charge in [0, 0.05) is 112 Å². The Hall–Kier alpha value is 0.305. The van der Waals surface area contributed by atoms with E-state index < -0.39 is 0 Å². The summed E-state index contributed by atoms with van der Waals surface area (Å²) in [7, 11) is 0. The fraction of sp³-hybridized carbons (Fsp3) is 0.828. The van der Waals surface area contributed by atoms with Crippen LogP contribution in [0.25, 0.3) is 0 Å². The van der Waals surface area contributed by atoms with Crippen LogP contribution in [0.15, 0.2) is 0 Å². The second-order valence-corrected chi connectivity index (χ2v) is 10.2. The molecule has 1 heterocycles. The van der Waals surface area contributed by atoms with Crippen LogP contribution in [0.3, 0.4) is 0 Å². The fourth-order valence-corrected chi connectivity index (χ4v) is 4.57. The maximum atomic E-state index is 12.7. The molecule has 8 heteroatoms. The first-order valence-corrected chi connectivity index (χ1v) is 14.6. The first kappa shape index (κ1) is 37.3. The van der Waals surface area contributed by atoms with Gasteiger partial charge in [0.2, 0.25) is 5.91 Å². The maximum absolute atomic E-state index is 12.7. The summed E-state index contributed by atoms with van der Waals surface area (Å²) in [6.07, 6.45) is 9.83. The predicted octanol–water partition coefficient (Wildman–Crippen LogP) is 3.32. The third kappa shape index (κ3) is 19.9. The molecule has 0 atom stereocenters. The van der Waals surface area contributed by atoms with Crippen LogP contribution in [0.4, 0.5) is 0 Å². The molecule has 220 valence electrons. The Kier molecular flexibility index (Phi) is 25.5. The van der Waals surface area contributed by atoms with Gasteiger partial charge < -0.3 is 40.8 Å². The third-order valence-electron chi connectivity index (χ3n) is 7.24. The number of hydrogen-bond donors (Lipinski definition) is 1. The van der Waals surface area contributed by atoms with E-state index in [1.165, 1.54) is 19.3 Å². The number of ketones is 1. The van der Waals surface area contributed by atoms with Gasteiger partial charge in [0.05, 0.1) is 6.54 Å². The van der Waals surface area contributed by atoms with Crippen molar-refractivity contribution in [3.8, 4) is 0 Å². The van der Waals surface area contributed by atoms with Crippen LogP contribution >= 0.6 is 0 Å². The molecule has 1 N–H and O–H groups in total. The minimum absolute atomic E-state index is 0. The molecule has 1 fully saturated rings. The van der Waals surface area contributed by atoms with E-state index in [0.717, 1.165) is 111 Å². The standard InChI is InChI=1S/C29H56N5O2.Gd/c1-5-9-10-15-18-30-29(36)17-14-12-11-13-16-28(35)27-34-25-23-32(7-3)21-19-31(6-2)20-22-33(8-4)24-26-34;/h2-27H2,1H3,(H,30,36);/q-3;. The molecule has 1 aliphatic rings. The number of unbranched alkanes of at least 4 members (excludes halogenated alkanes) is 6. The van der Waals surface area contributed by atoms with Crippen LogP contribution in [0, 0.1) is 60.7 Å². The van der Waals surface area contributed by atoms with Crippen molar-refractivity contribution in [1.82, 2.24) is 24.9 Å². The molecule has 1 amide bonds. The van der Waals surface area contributed by atoms with Crippen LogP contribution in [0.1, 0.15) is 71.1 Å². The Bertz CT molecular complexity index is 546. The number of Topliss-reactive ketones (excluding diaryl/α,β-unsaturated/α-hetero) is 1. The summed E-state index contributed by atoms with van der Waals surface area (Å²) in [6, 6.07) is 0. The van der Waals surface area contributed by atoms with Crippen LogP contribution in [0.5, 0.6) is 0 Å². The molecule has 0 aromatic carbocycles. The zero-order chi connectivity index (χ0) is 26.4. The number of rotatable bonds is 17. The van der Waals surface area contributed by atoms with Gasteiger partial charge in [0.25, 0.3) is 0 Å². The fourth-order valence-electron chi connectivity index (χ4n) is 4.57. The normalized spacial score (nSPS) is 17.5. The van der Waals surface area contributed by atoms with Crippen molar-refractivity contribution in [1.29, 1.82) is 0 Å². The largest absolute Gasteiger partial charge is 0.356 e. The minimum Gasteiger partial charge on any atom is -0.356 e. The molecule has 0 bridgehead atoms. The van der Waals surface area contributed by atoms with Gasteiger partial charge in [-0.2, -0.15) is 0 Å². The van der Waals surface area contributed by atoms with E-state index in [1.54, 1.807) is 0 Å². The average molecular weight is 664 g/mol. The first-order valence-electron chi connectivity index (χ1n) is 14.6. The maximum Gasteiger partial charge on any atom is 0.219 e. The van der Waals surface area contributed by atoms with Gasteiger partial charge in [-0.1, -0.05) is 39.0 Å². The monoisotopic (exact) mass is 664 g/mol. The summed E-state index contributed by atoms with van der Waals surface area (Å²) in [6.45, 7) is 25.9. The Morgan fingerprint density at radius 3 is 1.51 bits per heavy atom. The molecule has 0 radical (unpaired) electrons. The molecule has 0 aromatic heterocycles. The zero-order valence-electron chi connectivity index (χ0n) is 23.8. The number of carbonyl (C=O) groups excluding carboxylic acids is 2. The summed E-state index contributed by atoms with van der Waals surface area (Å²) in [5.74, 6) is 0.502. The van der Waals surface area contributed by atoms with Gasteiger partial charge in [0.15, 0.2) is 0 Å². The van der Waals surface area contributed by atoms with E-state index >= 15 is 0 Å². The molecule has 0 unspecified atom stereocenters. The van der Waals surface area contributed by atoms with Crippen molar-refractivity contribution in [2.45, 2.75) is 71.1 Å². The van der Waals surface area contributed by atoms with Crippen LogP contribution in [0.2, 0.25) is 0 Å². The topological polar surface area (TPSA) is 59.1 Å². The van der Waals surface area contributed by atoms with Gasteiger partial charge >= 0.3 is 0 Å². The van der Waals surface area contributed by atoms with Crippen molar-refractivity contribution in [2.24, 2.45) is 0 Å². The molecule has 37 heavy (non-hydrogen) atoms. The summed E-state index contributed by atoms with van der Waals surface area (Å²) >= 11 is 0. The number of hydrogen-bond acceptors (Lipinski definition) is 6. The number of nitrogens with zero attached hydrogens (tertiary/aromatic N) is 4. The zero-order valence-corrected chi connectivity index (χ0v) is 26.1. The molecular formula is C29H56GdN5O2-3. The van der Waals surface area contributed by atoms with Crippen molar-refractivity contribution in [3.05, 3.63) is 20.8 Å². The summed E-state index contributed by atoms with van der Waals surface area (Å²) in [4.78, 5) is 34.1. The number of nitrogens with one attached hydrogen (secondary N) is 1. The third-order valence-corrected chi connectivity index (χ3v) is 7.24. The van der Waals surface area contributed by atoms with E-state index in [0.29, 0.717) is 25.2 Å². The van der Waals surface area contributed by atoms with Gasteiger partial charge in [-0.15, -0.1) is 19.6 Å². The number of carbonyl (C=O) groups is 2. The van der Waals surface area contributed by atoms with E-state index in [2.05, 4.69) is 52.6 Å². The van der Waals surface area contributed by atoms with Crippen molar-refractivity contribution in [3.63, 3.8) is 0 Å². The van der Waals surface area contributed by atoms with Gasteiger partial charge in [-0.05, 0) is 19.3 Å². The molecule has 0 aliphatic carbocycles. The molecule has 1 rings (SSSR count).